The zero-order valence-corrected chi connectivity index (χ0v) is 27.2. The first kappa shape index (κ1) is 37.3. The molecule has 0 atom stereocenters. The number of aromatic nitrogens is 5. The van der Waals surface area contributed by atoms with Crippen molar-refractivity contribution in [3.63, 3.8) is 0 Å². The molecule has 0 radical (unpaired) electrons. The molecule has 1 aliphatic heterocycles. The summed E-state index contributed by atoms with van der Waals surface area (Å²) in [6.45, 7) is 8.76. The van der Waals surface area contributed by atoms with E-state index in [0.717, 1.165) is 66.0 Å². The van der Waals surface area contributed by atoms with Crippen molar-refractivity contribution in [2.45, 2.75) is 85.2 Å². The van der Waals surface area contributed by atoms with Gasteiger partial charge < -0.3 is 20.1 Å². The predicted molar refractivity (Wildman–Crippen MR) is 169 cm³/mol. The fourth-order valence-electron chi connectivity index (χ4n) is 4.95. The van der Waals surface area contributed by atoms with Crippen molar-refractivity contribution in [2.24, 2.45) is 5.41 Å². The van der Waals surface area contributed by atoms with Gasteiger partial charge in [0.05, 0.1) is 12.5 Å². The molecule has 256 valence electrons. The minimum absolute atomic E-state index is 0.0682. The van der Waals surface area contributed by atoms with Crippen molar-refractivity contribution >= 4 is 28.8 Å². The molecule has 0 aliphatic carbocycles. The number of anilines is 1. The second kappa shape index (κ2) is 16.6. The van der Waals surface area contributed by atoms with E-state index < -0.39 is 23.5 Å². The molecule has 5 rings (SSSR count). The summed E-state index contributed by atoms with van der Waals surface area (Å²) in [5.74, 6) is -1.41. The molecule has 0 spiro atoms. The number of nitrogens with one attached hydrogen (secondary N) is 1. The van der Waals surface area contributed by atoms with E-state index in [1.165, 1.54) is 11.1 Å². The smallest absolute Gasteiger partial charge is 0.481 e. The summed E-state index contributed by atoms with van der Waals surface area (Å²) >= 11 is 0. The lowest BCUT2D eigenvalue weighted by Gasteiger charge is -2.19. The summed E-state index contributed by atoms with van der Waals surface area (Å²) in [5, 5.41) is 33.1. The summed E-state index contributed by atoms with van der Waals surface area (Å²) in [7, 11) is 0. The highest BCUT2D eigenvalue weighted by Gasteiger charge is 2.38. The number of hydrogen-bond donors (Lipinski definition) is 3. The maximum atomic E-state index is 10.9. The third-order valence-corrected chi connectivity index (χ3v) is 7.33. The van der Waals surface area contributed by atoms with Crippen LogP contribution in [0.15, 0.2) is 35.0 Å². The summed E-state index contributed by atoms with van der Waals surface area (Å²) < 4.78 is 37.0. The molecule has 12 nitrogen and oxygen atoms in total. The van der Waals surface area contributed by atoms with Gasteiger partial charge in [-0.1, -0.05) is 25.1 Å². The zero-order valence-electron chi connectivity index (χ0n) is 27.2. The van der Waals surface area contributed by atoms with E-state index in [0.29, 0.717) is 31.0 Å². The fourth-order valence-corrected chi connectivity index (χ4v) is 4.95. The van der Waals surface area contributed by atoms with Crippen LogP contribution in [0.2, 0.25) is 0 Å². The van der Waals surface area contributed by atoms with Gasteiger partial charge in [0.1, 0.15) is 5.82 Å². The first-order chi connectivity index (χ1) is 22.6. The molecule has 3 N–H and O–H groups in total. The number of rotatable bonds is 9. The van der Waals surface area contributed by atoms with Crippen LogP contribution in [0.3, 0.4) is 0 Å². The highest BCUT2D eigenvalue weighted by molar-refractivity contribution is 5.75. The van der Waals surface area contributed by atoms with Gasteiger partial charge in [-0.3, -0.25) is 4.79 Å². The Kier molecular flexibility index (Phi) is 12.9. The largest absolute Gasteiger partial charge is 0.490 e. The molecular weight excluding hydrogens is 631 g/mol. The normalized spacial score (nSPS) is 12.4. The minimum Gasteiger partial charge on any atom is -0.481 e. The number of pyridine rings is 3. The van der Waals surface area contributed by atoms with E-state index in [9.17, 15) is 18.0 Å². The zero-order chi connectivity index (χ0) is 35.5. The number of nitriles is 1. The average Bonchev–Trinajstić information content (AvgIpc) is 3.44. The van der Waals surface area contributed by atoms with Gasteiger partial charge in [-0.05, 0) is 79.8 Å². The third kappa shape index (κ3) is 11.6. The van der Waals surface area contributed by atoms with Crippen molar-refractivity contribution in [3.8, 4) is 6.07 Å². The Morgan fingerprint density at radius 2 is 1.73 bits per heavy atom. The standard InChI is InChI=1S/C19H26N4O3.C12H11N3.C2HF3O2/c1-12-13(9-14-5-4-8-20-18(14)21-12)6-7-15-22-16(26-23-15)10-19(2,3)11-17(24)25;1-9-10(4-2-6-13)8-11-5-3-7-14-12(11)15-9;3-2(4,5)1(6)7/h9H,4-8,10-11H2,1-3H3,(H,20,21)(H,24,25);3,5,7-8H,2,4H2,1H3;(H,6,7). The number of aliphatic carboxylic acids is 2. The van der Waals surface area contributed by atoms with Gasteiger partial charge in [-0.15, -0.1) is 0 Å². The Morgan fingerprint density at radius 3 is 2.40 bits per heavy atom. The Labute approximate surface area is 275 Å². The summed E-state index contributed by atoms with van der Waals surface area (Å²) in [5.41, 5.74) is 5.99. The van der Waals surface area contributed by atoms with E-state index >= 15 is 0 Å². The first-order valence-electron chi connectivity index (χ1n) is 15.2. The molecule has 0 fully saturated rings. The molecule has 0 bridgehead atoms. The molecule has 0 amide bonds. The van der Waals surface area contributed by atoms with Crippen LogP contribution in [0, 0.1) is 30.6 Å². The van der Waals surface area contributed by atoms with E-state index in [1.807, 2.05) is 39.8 Å². The number of halogens is 3. The molecule has 4 aromatic heterocycles. The molecule has 4 aromatic rings. The number of aryl methyl sites for hydroxylation is 6. The van der Waals surface area contributed by atoms with Crippen LogP contribution in [-0.2, 0) is 41.7 Å². The second-order valence-corrected chi connectivity index (χ2v) is 12.0. The Morgan fingerprint density at radius 1 is 1.04 bits per heavy atom. The number of fused-ring (bicyclic) bond motifs is 2. The van der Waals surface area contributed by atoms with Gasteiger partial charge >= 0.3 is 18.1 Å². The Bertz CT molecular complexity index is 1770. The van der Waals surface area contributed by atoms with Crippen molar-refractivity contribution < 1.29 is 37.5 Å². The van der Waals surface area contributed by atoms with Crippen molar-refractivity contribution in [2.75, 3.05) is 11.9 Å². The van der Waals surface area contributed by atoms with E-state index in [1.54, 1.807) is 6.20 Å². The molecule has 1 aliphatic rings. The lowest BCUT2D eigenvalue weighted by Crippen LogP contribution is -2.21. The maximum Gasteiger partial charge on any atom is 0.490 e. The molecule has 0 saturated carbocycles. The summed E-state index contributed by atoms with van der Waals surface area (Å²) in [6.07, 6.45) is 2.17. The third-order valence-electron chi connectivity index (χ3n) is 7.33. The highest BCUT2D eigenvalue weighted by atomic mass is 19.4. The van der Waals surface area contributed by atoms with Crippen LogP contribution in [0.5, 0.6) is 0 Å². The molecule has 0 saturated heterocycles. The molecule has 48 heavy (non-hydrogen) atoms. The second-order valence-electron chi connectivity index (χ2n) is 12.0. The average molecular weight is 670 g/mol. The topological polar surface area (TPSA) is 188 Å². The van der Waals surface area contributed by atoms with Gasteiger partial charge in [0.2, 0.25) is 5.89 Å². The van der Waals surface area contributed by atoms with E-state index in [2.05, 4.69) is 48.6 Å². The molecule has 0 unspecified atom stereocenters. The van der Waals surface area contributed by atoms with Crippen molar-refractivity contribution in [1.29, 1.82) is 5.26 Å². The SMILES string of the molecule is Cc1nc2c(cc1CCc1noc(CC(C)(C)CC(=O)O)n1)CCCN2.Cc1nc2ncccc2cc1CCC#N.O=C(O)C(F)(F)F. The van der Waals surface area contributed by atoms with Crippen molar-refractivity contribution in [1.82, 2.24) is 25.1 Å². The maximum absolute atomic E-state index is 10.9. The van der Waals surface area contributed by atoms with Crippen LogP contribution in [0.1, 0.15) is 72.9 Å². The number of carboxylic acids is 2. The molecule has 15 heteroatoms. The van der Waals surface area contributed by atoms with Gasteiger partial charge in [0, 0.05) is 48.8 Å². The predicted octanol–water partition coefficient (Wildman–Crippen LogP) is 5.99. The minimum atomic E-state index is -5.08. The van der Waals surface area contributed by atoms with Crippen LogP contribution < -0.4 is 5.32 Å². The first-order valence-corrected chi connectivity index (χ1v) is 15.2. The Hall–Kier alpha value is -5.13. The van der Waals surface area contributed by atoms with Gasteiger partial charge in [0.25, 0.3) is 0 Å². The number of alkyl halides is 3. The molecule has 5 heterocycles. The van der Waals surface area contributed by atoms with E-state index in [-0.39, 0.29) is 6.42 Å². The molecule has 0 aromatic carbocycles. The Balaban J connectivity index is 0.000000238. The lowest BCUT2D eigenvalue weighted by molar-refractivity contribution is -0.192. The van der Waals surface area contributed by atoms with Crippen molar-refractivity contribution in [3.05, 3.63) is 70.3 Å². The number of hydrogen-bond acceptors (Lipinski definition) is 10. The van der Waals surface area contributed by atoms with Gasteiger partial charge in [0.15, 0.2) is 11.5 Å². The number of carboxylic acid groups (broad SMARTS) is 2. The monoisotopic (exact) mass is 669 g/mol. The van der Waals surface area contributed by atoms with Gasteiger partial charge in [-0.2, -0.15) is 23.4 Å². The fraction of sp³-hybridized carbons (Fsp3) is 0.455. The van der Waals surface area contributed by atoms with Gasteiger partial charge in [-0.25, -0.2) is 19.7 Å². The van der Waals surface area contributed by atoms with Crippen LogP contribution in [-0.4, -0.2) is 60.0 Å². The quantitative estimate of drug-likeness (QED) is 0.189. The van der Waals surface area contributed by atoms with Crippen LogP contribution in [0.25, 0.3) is 11.0 Å². The number of carbonyl (C=O) groups is 2. The van der Waals surface area contributed by atoms with Crippen LogP contribution in [0.4, 0.5) is 19.0 Å². The summed E-state index contributed by atoms with van der Waals surface area (Å²) in [6, 6.07) is 10.3. The lowest BCUT2D eigenvalue weighted by atomic mass is 9.86. The number of nitrogens with zero attached hydrogens (tertiary/aromatic N) is 6. The highest BCUT2D eigenvalue weighted by Crippen LogP contribution is 2.26. The summed E-state index contributed by atoms with van der Waals surface area (Å²) in [4.78, 5) is 37.5. The van der Waals surface area contributed by atoms with Crippen LogP contribution >= 0.6 is 0 Å². The van der Waals surface area contributed by atoms with E-state index in [4.69, 9.17) is 24.8 Å². The molecular formula is C33H38F3N7O5.